The van der Waals surface area contributed by atoms with Crippen molar-refractivity contribution in [3.63, 3.8) is 0 Å². The molecule has 1 heterocycles. The summed E-state index contributed by atoms with van der Waals surface area (Å²) in [6, 6.07) is 14.5. The lowest BCUT2D eigenvalue weighted by Crippen LogP contribution is -2.48. The first-order valence-corrected chi connectivity index (χ1v) is 11.8. The molecule has 0 aromatic heterocycles. The van der Waals surface area contributed by atoms with Gasteiger partial charge in [0, 0.05) is 19.0 Å². The molecule has 1 fully saturated rings. The van der Waals surface area contributed by atoms with Crippen LogP contribution in [0.2, 0.25) is 0 Å². The zero-order valence-electron chi connectivity index (χ0n) is 18.3. The molecule has 2 aromatic carbocycles. The highest BCUT2D eigenvalue weighted by Gasteiger charge is 2.32. The van der Waals surface area contributed by atoms with Crippen LogP contribution in [0.25, 0.3) is 0 Å². The van der Waals surface area contributed by atoms with Crippen LogP contribution in [-0.2, 0) is 4.79 Å². The number of hydrogen-bond donors (Lipinski definition) is 1. The van der Waals surface area contributed by atoms with Crippen LogP contribution >= 0.6 is 11.8 Å². The number of thioether (sulfide) groups is 1. The van der Waals surface area contributed by atoms with Gasteiger partial charge in [-0.25, -0.2) is 0 Å². The molecule has 1 aliphatic heterocycles. The average molecular weight is 443 g/mol. The van der Waals surface area contributed by atoms with Gasteiger partial charge in [0.1, 0.15) is 17.5 Å². The highest BCUT2D eigenvalue weighted by Crippen LogP contribution is 2.29. The molecule has 2 atom stereocenters. The first-order valence-electron chi connectivity index (χ1n) is 10.4. The van der Waals surface area contributed by atoms with Gasteiger partial charge >= 0.3 is 0 Å². The third-order valence-electron chi connectivity index (χ3n) is 5.65. The van der Waals surface area contributed by atoms with E-state index in [9.17, 15) is 9.59 Å². The summed E-state index contributed by atoms with van der Waals surface area (Å²) < 4.78 is 10.5. The van der Waals surface area contributed by atoms with Crippen LogP contribution < -0.4 is 14.8 Å². The Hall–Kier alpha value is -2.67. The maximum absolute atomic E-state index is 13.3. The number of carbonyl (C=O) groups is 2. The van der Waals surface area contributed by atoms with Crippen LogP contribution in [0.5, 0.6) is 11.5 Å². The predicted octanol–water partition coefficient (Wildman–Crippen LogP) is 3.57. The predicted molar refractivity (Wildman–Crippen MR) is 124 cm³/mol. The molecule has 3 rings (SSSR count). The van der Waals surface area contributed by atoms with E-state index in [0.29, 0.717) is 36.7 Å². The van der Waals surface area contributed by atoms with E-state index in [1.807, 2.05) is 29.4 Å². The molecule has 0 aliphatic carbocycles. The number of nitrogens with one attached hydrogen (secondary N) is 1. The van der Waals surface area contributed by atoms with Crippen molar-refractivity contribution in [3.8, 4) is 11.5 Å². The van der Waals surface area contributed by atoms with Gasteiger partial charge in [-0.2, -0.15) is 11.8 Å². The normalized spacial score (nSPS) is 16.6. The Kier molecular flexibility index (Phi) is 8.23. The summed E-state index contributed by atoms with van der Waals surface area (Å²) in [6.07, 6.45) is 3.50. The van der Waals surface area contributed by atoms with Crippen molar-refractivity contribution in [2.75, 3.05) is 39.3 Å². The molecule has 31 heavy (non-hydrogen) atoms. The second-order valence-electron chi connectivity index (χ2n) is 7.55. The quantitative estimate of drug-likeness (QED) is 0.643. The molecule has 2 aromatic rings. The number of benzene rings is 2. The fourth-order valence-electron chi connectivity index (χ4n) is 3.89. The Morgan fingerprint density at radius 2 is 1.87 bits per heavy atom. The zero-order chi connectivity index (χ0) is 22.2. The summed E-state index contributed by atoms with van der Waals surface area (Å²) in [5, 5.41) is 2.95. The maximum Gasteiger partial charge on any atom is 0.255 e. The number of hydrogen-bond acceptors (Lipinski definition) is 5. The van der Waals surface area contributed by atoms with E-state index >= 15 is 0 Å². The highest BCUT2D eigenvalue weighted by molar-refractivity contribution is 7.98. The van der Waals surface area contributed by atoms with E-state index in [-0.39, 0.29) is 11.8 Å². The van der Waals surface area contributed by atoms with Crippen LogP contribution in [0.4, 0.5) is 0 Å². The third-order valence-corrected chi connectivity index (χ3v) is 6.30. The van der Waals surface area contributed by atoms with Crippen molar-refractivity contribution in [3.05, 3.63) is 59.7 Å². The van der Waals surface area contributed by atoms with Crippen LogP contribution in [-0.4, -0.2) is 62.1 Å². The smallest absolute Gasteiger partial charge is 0.255 e. The molecule has 1 N–H and O–H groups in total. The van der Waals surface area contributed by atoms with E-state index in [1.54, 1.807) is 37.1 Å². The zero-order valence-corrected chi connectivity index (χ0v) is 19.1. The standard InChI is InChI=1S/C24H30N2O4S/c1-29-19-10-8-17(9-11-19)18-12-14-26(16-18)24(28)21(13-15-31-3)25-23(27)20-6-4-5-7-22(20)30-2/h4-11,18,21H,12-16H2,1-3H3,(H,25,27). The second kappa shape index (κ2) is 11.1. The van der Waals surface area contributed by atoms with Gasteiger partial charge in [-0.1, -0.05) is 24.3 Å². The molecule has 1 aliphatic rings. The molecule has 0 bridgehead atoms. The maximum atomic E-state index is 13.3. The largest absolute Gasteiger partial charge is 0.497 e. The van der Waals surface area contributed by atoms with Gasteiger partial charge in [-0.15, -0.1) is 0 Å². The number of likely N-dealkylation sites (tertiary alicyclic amines) is 1. The number of amides is 2. The van der Waals surface area contributed by atoms with Gasteiger partial charge in [0.25, 0.3) is 5.91 Å². The molecule has 166 valence electrons. The lowest BCUT2D eigenvalue weighted by Gasteiger charge is -2.25. The van der Waals surface area contributed by atoms with Crippen molar-refractivity contribution in [2.24, 2.45) is 0 Å². The highest BCUT2D eigenvalue weighted by atomic mass is 32.2. The second-order valence-corrected chi connectivity index (χ2v) is 8.54. The Labute approximate surface area is 188 Å². The van der Waals surface area contributed by atoms with Crippen molar-refractivity contribution in [1.29, 1.82) is 0 Å². The fourth-order valence-corrected chi connectivity index (χ4v) is 4.36. The first-order chi connectivity index (χ1) is 15.1. The summed E-state index contributed by atoms with van der Waals surface area (Å²) in [7, 11) is 3.19. The number of nitrogens with zero attached hydrogens (tertiary/aromatic N) is 1. The van der Waals surface area contributed by atoms with Crippen molar-refractivity contribution >= 4 is 23.6 Å². The van der Waals surface area contributed by atoms with Gasteiger partial charge in [0.2, 0.25) is 5.91 Å². The van der Waals surface area contributed by atoms with E-state index in [1.165, 1.54) is 12.7 Å². The fraction of sp³-hybridized carbons (Fsp3) is 0.417. The number of ether oxygens (including phenoxy) is 2. The Bertz CT molecular complexity index is 887. The van der Waals surface area contributed by atoms with Gasteiger partial charge in [-0.3, -0.25) is 9.59 Å². The average Bonchev–Trinajstić information content (AvgIpc) is 3.31. The van der Waals surface area contributed by atoms with Gasteiger partial charge in [-0.05, 0) is 54.7 Å². The summed E-state index contributed by atoms with van der Waals surface area (Å²) in [5.74, 6) is 2.10. The molecule has 1 saturated heterocycles. The Balaban J connectivity index is 1.68. The van der Waals surface area contributed by atoms with E-state index in [4.69, 9.17) is 9.47 Å². The minimum Gasteiger partial charge on any atom is -0.497 e. The van der Waals surface area contributed by atoms with E-state index < -0.39 is 6.04 Å². The first kappa shape index (κ1) is 23.0. The van der Waals surface area contributed by atoms with Crippen LogP contribution in [0.1, 0.15) is 34.7 Å². The molecular formula is C24H30N2O4S. The van der Waals surface area contributed by atoms with Crippen LogP contribution in [0.15, 0.2) is 48.5 Å². The van der Waals surface area contributed by atoms with Crippen LogP contribution in [0, 0.1) is 0 Å². The van der Waals surface area contributed by atoms with Gasteiger partial charge in [0.15, 0.2) is 0 Å². The van der Waals surface area contributed by atoms with E-state index in [2.05, 4.69) is 17.4 Å². The number of para-hydroxylation sites is 1. The molecule has 7 heteroatoms. The number of methoxy groups -OCH3 is 2. The number of rotatable bonds is 9. The summed E-state index contributed by atoms with van der Waals surface area (Å²) in [4.78, 5) is 28.1. The topological polar surface area (TPSA) is 67.9 Å². The molecule has 2 amide bonds. The molecule has 0 spiro atoms. The minimum absolute atomic E-state index is 0.0201. The Morgan fingerprint density at radius 1 is 1.13 bits per heavy atom. The SMILES string of the molecule is COc1ccc(C2CCN(C(=O)C(CCSC)NC(=O)c3ccccc3OC)C2)cc1. The van der Waals surface area contributed by atoms with Crippen molar-refractivity contribution in [1.82, 2.24) is 10.2 Å². The lowest BCUT2D eigenvalue weighted by atomic mass is 9.98. The monoisotopic (exact) mass is 442 g/mol. The van der Waals surface area contributed by atoms with Gasteiger partial charge in [0.05, 0.1) is 19.8 Å². The summed E-state index contributed by atoms with van der Waals surface area (Å²) >= 11 is 1.66. The van der Waals surface area contributed by atoms with Crippen molar-refractivity contribution in [2.45, 2.75) is 24.8 Å². The summed E-state index contributed by atoms with van der Waals surface area (Å²) in [6.45, 7) is 1.35. The molecule has 6 nitrogen and oxygen atoms in total. The summed E-state index contributed by atoms with van der Waals surface area (Å²) in [5.41, 5.74) is 1.64. The Morgan fingerprint density at radius 3 is 2.55 bits per heavy atom. The van der Waals surface area contributed by atoms with Gasteiger partial charge < -0.3 is 19.7 Å². The molecule has 2 unspecified atom stereocenters. The molecule has 0 radical (unpaired) electrons. The lowest BCUT2D eigenvalue weighted by molar-refractivity contribution is -0.132. The number of carbonyl (C=O) groups excluding carboxylic acids is 2. The van der Waals surface area contributed by atoms with Crippen LogP contribution in [0.3, 0.4) is 0 Å². The third kappa shape index (κ3) is 5.73. The minimum atomic E-state index is -0.556. The molecular weight excluding hydrogens is 412 g/mol. The molecule has 0 saturated carbocycles. The van der Waals surface area contributed by atoms with E-state index in [0.717, 1.165) is 17.9 Å². The van der Waals surface area contributed by atoms with Crippen molar-refractivity contribution < 1.29 is 19.1 Å².